The molecule has 0 spiro atoms. The molecule has 0 aromatic heterocycles. The maximum atomic E-state index is 5.15. The van der Waals surface area contributed by atoms with Crippen molar-refractivity contribution in [3.8, 4) is 6.07 Å². The van der Waals surface area contributed by atoms with Gasteiger partial charge in [0.15, 0.2) is 6.10 Å². The second-order valence-corrected chi connectivity index (χ2v) is 1.97. The van der Waals surface area contributed by atoms with Gasteiger partial charge >= 0.3 is 6.07 Å². The second-order valence-electron chi connectivity index (χ2n) is 1.97. The van der Waals surface area contributed by atoms with E-state index in [1.807, 2.05) is 0 Å². The molecule has 2 unspecified atom stereocenters. The van der Waals surface area contributed by atoms with Gasteiger partial charge in [-0.1, -0.05) is 4.85 Å². The molecule has 0 radical (unpaired) electrons. The van der Waals surface area contributed by atoms with Gasteiger partial charge in [0, 0.05) is 0 Å². The lowest BCUT2D eigenvalue weighted by molar-refractivity contribution is 0.147. The van der Waals surface area contributed by atoms with Gasteiger partial charge in [-0.25, -0.2) is 0 Å². The largest absolute Gasteiger partial charge is 0.350 e. The standard InChI is InChI=1S/C5H6NO/c1-4-3-7-5(1)2-6-4/h4-5H,1,3H2/q+1. The summed E-state index contributed by atoms with van der Waals surface area (Å²) >= 11 is 0. The van der Waals surface area contributed by atoms with Crippen molar-refractivity contribution in [2.45, 2.75) is 18.6 Å². The molecule has 0 aromatic rings. The molecule has 2 atom stereocenters. The minimum absolute atomic E-state index is 0.255. The highest BCUT2D eigenvalue weighted by atomic mass is 16.5. The maximum absolute atomic E-state index is 5.15. The smallest absolute Gasteiger partial charge is 0.305 e. The first kappa shape index (κ1) is 3.45. The Kier molecular flexibility index (Phi) is 0.487. The maximum Gasteiger partial charge on any atom is 0.305 e. The van der Waals surface area contributed by atoms with Crippen LogP contribution in [0.2, 0.25) is 0 Å². The molecule has 2 bridgehead atoms. The molecular weight excluding hydrogens is 90.1 g/mol. The molecule has 36 valence electrons. The molecule has 0 amide bonds. The van der Waals surface area contributed by atoms with Crippen molar-refractivity contribution >= 4 is 0 Å². The van der Waals surface area contributed by atoms with E-state index in [0.717, 1.165) is 13.0 Å². The number of hydrogen-bond donors (Lipinski definition) is 0. The van der Waals surface area contributed by atoms with Gasteiger partial charge in [0.05, 0.1) is 6.42 Å². The third-order valence-electron chi connectivity index (χ3n) is 1.38. The Balaban J connectivity index is 2.33. The summed E-state index contributed by atoms with van der Waals surface area (Å²) in [5.74, 6) is 0. The molecule has 0 N–H and O–H groups in total. The summed E-state index contributed by atoms with van der Waals surface area (Å²) in [6.45, 7) is 0.831. The van der Waals surface area contributed by atoms with E-state index >= 15 is 0 Å². The predicted octanol–water partition coefficient (Wildman–Crippen LogP) is 0.490. The normalized spacial score (nSPS) is 43.4. The molecule has 1 fully saturated rings. The van der Waals surface area contributed by atoms with E-state index in [9.17, 15) is 0 Å². The fraction of sp³-hybridized carbons (Fsp3) is 0.800. The Bertz CT molecular complexity index is 130. The van der Waals surface area contributed by atoms with Crippen LogP contribution in [0.4, 0.5) is 0 Å². The Labute approximate surface area is 41.9 Å². The number of hydrogen-bond acceptors (Lipinski definition) is 1. The molecule has 2 aliphatic rings. The van der Waals surface area contributed by atoms with E-state index < -0.39 is 0 Å². The van der Waals surface area contributed by atoms with Crippen molar-refractivity contribution in [1.82, 2.24) is 0 Å². The SMILES string of the molecule is C1#[N+]C2COC1C2. The van der Waals surface area contributed by atoms with Gasteiger partial charge in [-0.2, -0.15) is 0 Å². The molecule has 0 saturated carbocycles. The first-order chi connectivity index (χ1) is 3.45. The van der Waals surface area contributed by atoms with Crippen LogP contribution >= 0.6 is 0 Å². The highest BCUT2D eigenvalue weighted by molar-refractivity contribution is 5.12. The van der Waals surface area contributed by atoms with Gasteiger partial charge in [-0.3, -0.25) is 0 Å². The number of fused-ring (bicyclic) bond motifs is 2. The monoisotopic (exact) mass is 96.0 g/mol. The molecule has 2 rings (SSSR count). The first-order valence-electron chi connectivity index (χ1n) is 2.52. The molecule has 1 saturated heterocycles. The summed E-state index contributed by atoms with van der Waals surface area (Å²) in [6.07, 6.45) is 1.34. The first-order valence-corrected chi connectivity index (χ1v) is 2.52. The summed E-state index contributed by atoms with van der Waals surface area (Å²) in [5.41, 5.74) is 0. The van der Waals surface area contributed by atoms with Crippen LogP contribution in [0.1, 0.15) is 6.42 Å². The summed E-state index contributed by atoms with van der Waals surface area (Å²) in [6, 6.07) is 3.32. The van der Waals surface area contributed by atoms with Crippen molar-refractivity contribution in [2.75, 3.05) is 6.61 Å². The quantitative estimate of drug-likeness (QED) is 0.428. The minimum atomic E-state index is 0.255. The average Bonchev–Trinajstić information content (AvgIpc) is 2.22. The minimum Gasteiger partial charge on any atom is -0.350 e. The Morgan fingerprint density at radius 2 is 2.71 bits per heavy atom. The predicted molar refractivity (Wildman–Crippen MR) is 25.4 cm³/mol. The van der Waals surface area contributed by atoms with Crippen LogP contribution in [-0.4, -0.2) is 18.8 Å². The molecular formula is C5H6NO+. The molecule has 2 heteroatoms. The van der Waals surface area contributed by atoms with E-state index in [4.69, 9.17) is 4.74 Å². The summed E-state index contributed by atoms with van der Waals surface area (Å²) in [4.78, 5) is 4.03. The Hall–Kier alpha value is -0.550. The van der Waals surface area contributed by atoms with Crippen molar-refractivity contribution in [1.29, 1.82) is 0 Å². The van der Waals surface area contributed by atoms with Crippen molar-refractivity contribution in [2.24, 2.45) is 0 Å². The van der Waals surface area contributed by atoms with Crippen molar-refractivity contribution < 1.29 is 4.74 Å². The van der Waals surface area contributed by atoms with Gasteiger partial charge in [-0.05, 0) is 0 Å². The molecule has 7 heavy (non-hydrogen) atoms. The van der Waals surface area contributed by atoms with E-state index in [0.29, 0.717) is 6.04 Å². The van der Waals surface area contributed by atoms with Crippen LogP contribution < -0.4 is 0 Å². The number of ether oxygens (including phenoxy) is 1. The Morgan fingerprint density at radius 1 is 1.71 bits per heavy atom. The molecule has 2 nitrogen and oxygen atoms in total. The van der Waals surface area contributed by atoms with Crippen LogP contribution in [0.3, 0.4) is 0 Å². The van der Waals surface area contributed by atoms with Gasteiger partial charge in [-0.15, -0.1) is 0 Å². The van der Waals surface area contributed by atoms with Crippen LogP contribution in [0.25, 0.3) is 4.85 Å². The lowest BCUT2D eigenvalue weighted by atomic mass is 10.2. The second kappa shape index (κ2) is 0.988. The third kappa shape index (κ3) is 0.359. The third-order valence-corrected chi connectivity index (χ3v) is 1.38. The van der Waals surface area contributed by atoms with E-state index in [1.54, 1.807) is 0 Å². The van der Waals surface area contributed by atoms with Crippen LogP contribution in [0.5, 0.6) is 0 Å². The summed E-state index contributed by atoms with van der Waals surface area (Å²) < 4.78 is 5.15. The average molecular weight is 96.1 g/mol. The zero-order valence-corrected chi connectivity index (χ0v) is 3.92. The van der Waals surface area contributed by atoms with Crippen LogP contribution in [0, 0.1) is 6.07 Å². The molecule has 0 aliphatic carbocycles. The van der Waals surface area contributed by atoms with Gasteiger partial charge < -0.3 is 4.74 Å². The van der Waals surface area contributed by atoms with E-state index in [2.05, 4.69) is 10.9 Å². The van der Waals surface area contributed by atoms with Gasteiger partial charge in [0.2, 0.25) is 0 Å². The van der Waals surface area contributed by atoms with E-state index in [-0.39, 0.29) is 6.10 Å². The van der Waals surface area contributed by atoms with Crippen molar-refractivity contribution in [3.05, 3.63) is 4.85 Å². The highest BCUT2D eigenvalue weighted by Gasteiger charge is 2.39. The number of rotatable bonds is 0. The highest BCUT2D eigenvalue weighted by Crippen LogP contribution is 2.20. The lowest BCUT2D eigenvalue weighted by Crippen LogP contribution is -2.00. The van der Waals surface area contributed by atoms with Crippen molar-refractivity contribution in [3.63, 3.8) is 0 Å². The zero-order valence-electron chi connectivity index (χ0n) is 3.92. The summed E-state index contributed by atoms with van der Waals surface area (Å²) in [7, 11) is 0. The molecule has 2 aliphatic heterocycles. The lowest BCUT2D eigenvalue weighted by Gasteiger charge is -1.87. The fourth-order valence-corrected chi connectivity index (χ4v) is 0.979. The molecule has 2 heterocycles. The molecule has 0 aromatic carbocycles. The van der Waals surface area contributed by atoms with Crippen LogP contribution in [-0.2, 0) is 4.74 Å². The zero-order chi connectivity index (χ0) is 4.69. The van der Waals surface area contributed by atoms with Gasteiger partial charge in [0.1, 0.15) is 6.61 Å². The summed E-state index contributed by atoms with van der Waals surface area (Å²) in [5, 5.41) is 0. The fourth-order valence-electron chi connectivity index (χ4n) is 0.979. The Morgan fingerprint density at radius 3 is 2.86 bits per heavy atom. The van der Waals surface area contributed by atoms with Crippen LogP contribution in [0.15, 0.2) is 0 Å². The van der Waals surface area contributed by atoms with Gasteiger partial charge in [0.25, 0.3) is 6.04 Å². The topological polar surface area (TPSA) is 13.6 Å². The van der Waals surface area contributed by atoms with E-state index in [1.165, 1.54) is 0 Å². The number of nitrogens with zero attached hydrogens (tertiary/aromatic N) is 1.